The largest absolute Gasteiger partial charge is 0.462 e. The molecule has 2 atom stereocenters. The van der Waals surface area contributed by atoms with E-state index in [1.54, 1.807) is 0 Å². The topological polar surface area (TPSA) is 26.3 Å². The molecule has 1 rings (SSSR count). The minimum absolute atomic E-state index is 0.00759. The second-order valence-corrected chi connectivity index (χ2v) is 3.99. The van der Waals surface area contributed by atoms with E-state index in [0.29, 0.717) is 18.3 Å². The Labute approximate surface area is 74.3 Å². The first kappa shape index (κ1) is 9.56. The summed E-state index contributed by atoms with van der Waals surface area (Å²) in [5, 5.41) is 0. The van der Waals surface area contributed by atoms with Crippen molar-refractivity contribution >= 4 is 5.97 Å². The molecule has 0 radical (unpaired) electrons. The van der Waals surface area contributed by atoms with Crippen molar-refractivity contribution in [3.63, 3.8) is 0 Å². The van der Waals surface area contributed by atoms with E-state index in [0.717, 1.165) is 12.8 Å². The molecular weight excluding hydrogens is 152 g/mol. The Morgan fingerprint density at radius 2 is 2.25 bits per heavy atom. The molecule has 2 nitrogen and oxygen atoms in total. The Morgan fingerprint density at radius 1 is 1.58 bits per heavy atom. The lowest BCUT2D eigenvalue weighted by atomic mass is 9.88. The van der Waals surface area contributed by atoms with Gasteiger partial charge in [0, 0.05) is 6.42 Å². The van der Waals surface area contributed by atoms with E-state index in [-0.39, 0.29) is 12.1 Å². The molecule has 0 saturated carbocycles. The van der Waals surface area contributed by atoms with Crippen molar-refractivity contribution in [3.8, 4) is 0 Å². The molecule has 0 aromatic carbocycles. The molecule has 1 aliphatic rings. The van der Waals surface area contributed by atoms with Crippen LogP contribution >= 0.6 is 0 Å². The lowest BCUT2D eigenvalue weighted by Crippen LogP contribution is -2.32. The van der Waals surface area contributed by atoms with Gasteiger partial charge in [-0.05, 0) is 18.3 Å². The fraction of sp³-hybridized carbons (Fsp3) is 0.900. The first-order chi connectivity index (χ1) is 5.63. The van der Waals surface area contributed by atoms with Gasteiger partial charge in [0.15, 0.2) is 0 Å². The van der Waals surface area contributed by atoms with Gasteiger partial charge in [-0.25, -0.2) is 0 Å². The standard InChI is InChI=1S/C10H18O2/c1-4-8-5-9(7(2)3)12-10(11)6-8/h7-9H,4-6H2,1-3H3. The summed E-state index contributed by atoms with van der Waals surface area (Å²) < 4.78 is 5.24. The predicted molar refractivity (Wildman–Crippen MR) is 47.7 cm³/mol. The zero-order chi connectivity index (χ0) is 9.14. The first-order valence-corrected chi connectivity index (χ1v) is 4.83. The summed E-state index contributed by atoms with van der Waals surface area (Å²) in [5.41, 5.74) is 0. The Kier molecular flexibility index (Phi) is 3.12. The van der Waals surface area contributed by atoms with E-state index in [1.165, 1.54) is 0 Å². The molecule has 70 valence electrons. The highest BCUT2D eigenvalue weighted by atomic mass is 16.5. The van der Waals surface area contributed by atoms with Crippen LogP contribution < -0.4 is 0 Å². The number of rotatable bonds is 2. The van der Waals surface area contributed by atoms with Gasteiger partial charge in [-0.2, -0.15) is 0 Å². The maximum absolute atomic E-state index is 11.1. The summed E-state index contributed by atoms with van der Waals surface area (Å²) in [4.78, 5) is 11.1. The number of esters is 1. The van der Waals surface area contributed by atoms with Gasteiger partial charge in [0.05, 0.1) is 0 Å². The molecule has 1 saturated heterocycles. The molecule has 1 fully saturated rings. The molecule has 0 amide bonds. The van der Waals surface area contributed by atoms with E-state index in [4.69, 9.17) is 4.74 Å². The summed E-state index contributed by atoms with van der Waals surface area (Å²) in [6.45, 7) is 6.35. The maximum atomic E-state index is 11.1. The fourth-order valence-electron chi connectivity index (χ4n) is 1.63. The average molecular weight is 170 g/mol. The van der Waals surface area contributed by atoms with Gasteiger partial charge in [-0.15, -0.1) is 0 Å². The van der Waals surface area contributed by atoms with Crippen molar-refractivity contribution in [1.82, 2.24) is 0 Å². The summed E-state index contributed by atoms with van der Waals surface area (Å²) in [7, 11) is 0. The lowest BCUT2D eigenvalue weighted by molar-refractivity contribution is -0.159. The van der Waals surface area contributed by atoms with Crippen LogP contribution in [0, 0.1) is 11.8 Å². The van der Waals surface area contributed by atoms with E-state index in [9.17, 15) is 4.79 Å². The Hall–Kier alpha value is -0.530. The molecule has 0 aromatic rings. The van der Waals surface area contributed by atoms with Crippen molar-refractivity contribution < 1.29 is 9.53 Å². The zero-order valence-electron chi connectivity index (χ0n) is 8.17. The van der Waals surface area contributed by atoms with E-state index in [1.807, 2.05) is 0 Å². The van der Waals surface area contributed by atoms with Gasteiger partial charge < -0.3 is 4.74 Å². The third-order valence-electron chi connectivity index (χ3n) is 2.62. The van der Waals surface area contributed by atoms with Gasteiger partial charge in [-0.1, -0.05) is 27.2 Å². The summed E-state index contributed by atoms with van der Waals surface area (Å²) >= 11 is 0. The van der Waals surface area contributed by atoms with Gasteiger partial charge in [0.25, 0.3) is 0 Å². The molecule has 12 heavy (non-hydrogen) atoms. The Morgan fingerprint density at radius 3 is 2.75 bits per heavy atom. The molecule has 0 bridgehead atoms. The molecular formula is C10H18O2. The van der Waals surface area contributed by atoms with Crippen molar-refractivity contribution in [2.75, 3.05) is 0 Å². The highest BCUT2D eigenvalue weighted by Crippen LogP contribution is 2.27. The number of cyclic esters (lactones) is 1. The number of hydrogen-bond acceptors (Lipinski definition) is 2. The number of carbonyl (C=O) groups is 1. The Bertz CT molecular complexity index is 163. The second kappa shape index (κ2) is 3.92. The van der Waals surface area contributed by atoms with E-state index in [2.05, 4.69) is 20.8 Å². The van der Waals surface area contributed by atoms with Gasteiger partial charge in [0.1, 0.15) is 6.10 Å². The molecule has 0 aromatic heterocycles. The third-order valence-corrected chi connectivity index (χ3v) is 2.62. The van der Waals surface area contributed by atoms with Crippen LogP contribution in [-0.2, 0) is 9.53 Å². The van der Waals surface area contributed by atoms with Crippen LogP contribution in [0.4, 0.5) is 0 Å². The molecule has 2 unspecified atom stereocenters. The molecule has 1 aliphatic heterocycles. The lowest BCUT2D eigenvalue weighted by Gasteiger charge is -2.30. The van der Waals surface area contributed by atoms with Crippen LogP contribution in [0.3, 0.4) is 0 Å². The van der Waals surface area contributed by atoms with Gasteiger partial charge in [0.2, 0.25) is 0 Å². The summed E-state index contributed by atoms with van der Waals surface area (Å²) in [5.74, 6) is 1.01. The molecule has 0 aliphatic carbocycles. The van der Waals surface area contributed by atoms with Crippen molar-refractivity contribution in [2.45, 2.75) is 46.1 Å². The smallest absolute Gasteiger partial charge is 0.306 e. The molecule has 1 heterocycles. The Balaban J connectivity index is 2.51. The van der Waals surface area contributed by atoms with Crippen LogP contribution in [0.5, 0.6) is 0 Å². The predicted octanol–water partition coefficient (Wildman–Crippen LogP) is 2.37. The highest BCUT2D eigenvalue weighted by Gasteiger charge is 2.29. The normalized spacial score (nSPS) is 30.5. The van der Waals surface area contributed by atoms with Crippen molar-refractivity contribution in [1.29, 1.82) is 0 Å². The number of carbonyl (C=O) groups excluding carboxylic acids is 1. The summed E-state index contributed by atoms with van der Waals surface area (Å²) in [6.07, 6.45) is 2.94. The quantitative estimate of drug-likeness (QED) is 0.595. The van der Waals surface area contributed by atoms with Crippen LogP contribution in [-0.4, -0.2) is 12.1 Å². The van der Waals surface area contributed by atoms with Crippen LogP contribution in [0.25, 0.3) is 0 Å². The van der Waals surface area contributed by atoms with Crippen molar-refractivity contribution in [2.24, 2.45) is 11.8 Å². The van der Waals surface area contributed by atoms with E-state index < -0.39 is 0 Å². The monoisotopic (exact) mass is 170 g/mol. The van der Waals surface area contributed by atoms with E-state index >= 15 is 0 Å². The van der Waals surface area contributed by atoms with Gasteiger partial charge >= 0.3 is 5.97 Å². The zero-order valence-corrected chi connectivity index (χ0v) is 8.17. The fourth-order valence-corrected chi connectivity index (χ4v) is 1.63. The van der Waals surface area contributed by atoms with Crippen molar-refractivity contribution in [3.05, 3.63) is 0 Å². The average Bonchev–Trinajstić information content (AvgIpc) is 2.03. The summed E-state index contributed by atoms with van der Waals surface area (Å²) in [6, 6.07) is 0. The number of ether oxygens (including phenoxy) is 1. The van der Waals surface area contributed by atoms with Crippen LogP contribution in [0.15, 0.2) is 0 Å². The molecule has 2 heteroatoms. The SMILES string of the molecule is CCC1CC(=O)OC(C(C)C)C1. The molecule has 0 spiro atoms. The number of hydrogen-bond donors (Lipinski definition) is 0. The highest BCUT2D eigenvalue weighted by molar-refractivity contribution is 5.70. The van der Waals surface area contributed by atoms with Crippen LogP contribution in [0.2, 0.25) is 0 Å². The first-order valence-electron chi connectivity index (χ1n) is 4.83. The van der Waals surface area contributed by atoms with Gasteiger partial charge in [-0.3, -0.25) is 4.79 Å². The van der Waals surface area contributed by atoms with Crippen LogP contribution in [0.1, 0.15) is 40.0 Å². The minimum atomic E-state index is -0.00759. The minimum Gasteiger partial charge on any atom is -0.462 e. The second-order valence-electron chi connectivity index (χ2n) is 3.99. The third kappa shape index (κ3) is 2.23. The maximum Gasteiger partial charge on any atom is 0.306 e. The molecule has 0 N–H and O–H groups in total.